The lowest BCUT2D eigenvalue weighted by atomic mass is 9.93. The molecule has 1 aliphatic rings. The molecule has 1 aliphatic heterocycles. The number of aromatic nitrogens is 2. The molecule has 2 unspecified atom stereocenters. The highest BCUT2D eigenvalue weighted by atomic mass is 16.4. The smallest absolute Gasteiger partial charge is 0.303 e. The maximum absolute atomic E-state index is 10.9. The lowest BCUT2D eigenvalue weighted by Gasteiger charge is -2.40. The molecule has 1 aromatic rings. The van der Waals surface area contributed by atoms with Gasteiger partial charge < -0.3 is 5.11 Å². The van der Waals surface area contributed by atoms with Crippen LogP contribution >= 0.6 is 0 Å². The Hall–Kier alpha value is -1.36. The minimum atomic E-state index is -0.693. The number of rotatable bonds is 5. The van der Waals surface area contributed by atoms with Crippen LogP contribution in [0.1, 0.15) is 62.0 Å². The third-order valence-corrected chi connectivity index (χ3v) is 4.84. The van der Waals surface area contributed by atoms with Crippen molar-refractivity contribution in [3.63, 3.8) is 0 Å². The van der Waals surface area contributed by atoms with Crippen LogP contribution in [0.5, 0.6) is 0 Å². The largest absolute Gasteiger partial charge is 0.481 e. The maximum Gasteiger partial charge on any atom is 0.303 e. The van der Waals surface area contributed by atoms with Crippen molar-refractivity contribution in [1.82, 2.24) is 14.7 Å². The second kappa shape index (κ2) is 6.60. The normalized spacial score (nSPS) is 21.4. The van der Waals surface area contributed by atoms with Crippen LogP contribution in [-0.4, -0.2) is 38.3 Å². The third kappa shape index (κ3) is 3.46. The van der Waals surface area contributed by atoms with Gasteiger partial charge >= 0.3 is 5.97 Å². The van der Waals surface area contributed by atoms with Crippen molar-refractivity contribution in [2.24, 2.45) is 7.05 Å². The standard InChI is InChI=1S/C16H27N3O2/c1-11-16(12(2)18(4)17-11)13(3)19-10-6-5-7-14(19)8-9-15(20)21/h13-14H,5-10H2,1-4H3,(H,20,21). The molecule has 0 spiro atoms. The summed E-state index contributed by atoms with van der Waals surface area (Å²) in [6.07, 6.45) is 4.53. The molecule has 0 aromatic carbocycles. The lowest BCUT2D eigenvalue weighted by molar-refractivity contribution is -0.137. The predicted octanol–water partition coefficient (Wildman–Crippen LogP) is 2.82. The zero-order valence-electron chi connectivity index (χ0n) is 13.6. The Labute approximate surface area is 126 Å². The van der Waals surface area contributed by atoms with Gasteiger partial charge in [-0.3, -0.25) is 14.4 Å². The molecule has 1 aromatic heterocycles. The van der Waals surface area contributed by atoms with Crippen molar-refractivity contribution < 1.29 is 9.90 Å². The number of aryl methyl sites for hydroxylation is 2. The summed E-state index contributed by atoms with van der Waals surface area (Å²) in [7, 11) is 1.98. The van der Waals surface area contributed by atoms with E-state index in [4.69, 9.17) is 5.11 Å². The number of nitrogens with zero attached hydrogens (tertiary/aromatic N) is 3. The Kier molecular flexibility index (Phi) is 5.04. The summed E-state index contributed by atoms with van der Waals surface area (Å²) in [6, 6.07) is 0.682. The monoisotopic (exact) mass is 293 g/mol. The maximum atomic E-state index is 10.9. The molecule has 0 amide bonds. The second-order valence-corrected chi connectivity index (χ2v) is 6.20. The van der Waals surface area contributed by atoms with Crippen LogP contribution in [0.25, 0.3) is 0 Å². The van der Waals surface area contributed by atoms with E-state index in [1.54, 1.807) is 0 Å². The van der Waals surface area contributed by atoms with Gasteiger partial charge in [-0.25, -0.2) is 0 Å². The summed E-state index contributed by atoms with van der Waals surface area (Å²) in [5.41, 5.74) is 3.60. The number of hydrogen-bond donors (Lipinski definition) is 1. The minimum Gasteiger partial charge on any atom is -0.481 e. The molecule has 1 saturated heterocycles. The highest BCUT2D eigenvalue weighted by Gasteiger charge is 2.30. The number of hydrogen-bond acceptors (Lipinski definition) is 3. The van der Waals surface area contributed by atoms with E-state index >= 15 is 0 Å². The van der Waals surface area contributed by atoms with Gasteiger partial charge in [-0.15, -0.1) is 0 Å². The van der Waals surface area contributed by atoms with Crippen LogP contribution in [0.2, 0.25) is 0 Å². The van der Waals surface area contributed by atoms with Crippen molar-refractivity contribution in [1.29, 1.82) is 0 Å². The van der Waals surface area contributed by atoms with Crippen LogP contribution in [-0.2, 0) is 11.8 Å². The molecule has 2 atom stereocenters. The molecule has 5 heteroatoms. The minimum absolute atomic E-state index is 0.263. The zero-order chi connectivity index (χ0) is 15.6. The van der Waals surface area contributed by atoms with Gasteiger partial charge in [0.05, 0.1) is 5.69 Å². The predicted molar refractivity (Wildman–Crippen MR) is 82.3 cm³/mol. The van der Waals surface area contributed by atoms with Crippen LogP contribution in [0.3, 0.4) is 0 Å². The molecule has 1 N–H and O–H groups in total. The highest BCUT2D eigenvalue weighted by molar-refractivity contribution is 5.66. The Bertz CT molecular complexity index is 510. The van der Waals surface area contributed by atoms with Crippen molar-refractivity contribution in [3.8, 4) is 0 Å². The molecule has 118 valence electrons. The van der Waals surface area contributed by atoms with Crippen LogP contribution in [0.4, 0.5) is 0 Å². The lowest BCUT2D eigenvalue weighted by Crippen LogP contribution is -2.41. The number of likely N-dealkylation sites (tertiary alicyclic amines) is 1. The Morgan fingerprint density at radius 2 is 2.14 bits per heavy atom. The topological polar surface area (TPSA) is 58.4 Å². The highest BCUT2D eigenvalue weighted by Crippen LogP contribution is 2.33. The molecule has 2 heterocycles. The second-order valence-electron chi connectivity index (χ2n) is 6.20. The quantitative estimate of drug-likeness (QED) is 0.907. The summed E-state index contributed by atoms with van der Waals surface area (Å²) >= 11 is 0. The van der Waals surface area contributed by atoms with Gasteiger partial charge in [0, 0.05) is 36.8 Å². The van der Waals surface area contributed by atoms with E-state index in [1.807, 2.05) is 11.7 Å². The number of carboxylic acids is 1. The van der Waals surface area contributed by atoms with E-state index in [2.05, 4.69) is 30.8 Å². The molecule has 0 saturated carbocycles. The molecule has 0 bridgehead atoms. The van der Waals surface area contributed by atoms with Crippen molar-refractivity contribution >= 4 is 5.97 Å². The average Bonchev–Trinajstić information content (AvgIpc) is 2.69. The Morgan fingerprint density at radius 1 is 1.43 bits per heavy atom. The third-order valence-electron chi connectivity index (χ3n) is 4.84. The molecule has 0 aliphatic carbocycles. The first-order valence-corrected chi connectivity index (χ1v) is 7.89. The zero-order valence-corrected chi connectivity index (χ0v) is 13.6. The fraction of sp³-hybridized carbons (Fsp3) is 0.750. The van der Waals surface area contributed by atoms with Gasteiger partial charge in [0.1, 0.15) is 0 Å². The Morgan fingerprint density at radius 3 is 2.71 bits per heavy atom. The number of carbonyl (C=O) groups is 1. The van der Waals surface area contributed by atoms with Crippen molar-refractivity contribution in [2.45, 2.75) is 65.0 Å². The molecular formula is C16H27N3O2. The number of aliphatic carboxylic acids is 1. The van der Waals surface area contributed by atoms with Gasteiger partial charge in [-0.05, 0) is 46.6 Å². The van der Waals surface area contributed by atoms with E-state index in [0.29, 0.717) is 12.1 Å². The Balaban J connectivity index is 2.18. The first kappa shape index (κ1) is 16.0. The van der Waals surface area contributed by atoms with Gasteiger partial charge in [0.2, 0.25) is 0 Å². The summed E-state index contributed by atoms with van der Waals surface area (Å²) in [6.45, 7) is 7.46. The fourth-order valence-corrected chi connectivity index (χ4v) is 3.69. The van der Waals surface area contributed by atoms with E-state index in [1.165, 1.54) is 24.1 Å². The number of piperidine rings is 1. The van der Waals surface area contributed by atoms with Gasteiger partial charge in [-0.1, -0.05) is 6.42 Å². The first-order valence-electron chi connectivity index (χ1n) is 7.89. The molecule has 2 rings (SSSR count). The van der Waals surface area contributed by atoms with E-state index in [0.717, 1.165) is 25.1 Å². The van der Waals surface area contributed by atoms with Crippen LogP contribution < -0.4 is 0 Å². The average molecular weight is 293 g/mol. The van der Waals surface area contributed by atoms with Crippen LogP contribution in [0, 0.1) is 13.8 Å². The van der Waals surface area contributed by atoms with Gasteiger partial charge in [0.25, 0.3) is 0 Å². The summed E-state index contributed by atoms with van der Waals surface area (Å²) in [5.74, 6) is -0.693. The van der Waals surface area contributed by atoms with Crippen molar-refractivity contribution in [3.05, 3.63) is 17.0 Å². The van der Waals surface area contributed by atoms with Crippen molar-refractivity contribution in [2.75, 3.05) is 6.54 Å². The summed E-state index contributed by atoms with van der Waals surface area (Å²) in [5, 5.41) is 13.5. The van der Waals surface area contributed by atoms with E-state index < -0.39 is 5.97 Å². The first-order chi connectivity index (χ1) is 9.91. The van der Waals surface area contributed by atoms with Gasteiger partial charge in [0.15, 0.2) is 0 Å². The fourth-order valence-electron chi connectivity index (χ4n) is 3.69. The summed E-state index contributed by atoms with van der Waals surface area (Å²) < 4.78 is 1.94. The van der Waals surface area contributed by atoms with E-state index in [9.17, 15) is 4.79 Å². The number of carboxylic acid groups (broad SMARTS) is 1. The molecule has 5 nitrogen and oxygen atoms in total. The van der Waals surface area contributed by atoms with Crippen LogP contribution in [0.15, 0.2) is 0 Å². The summed E-state index contributed by atoms with van der Waals surface area (Å²) in [4.78, 5) is 13.4. The molecule has 1 fully saturated rings. The molecular weight excluding hydrogens is 266 g/mol. The SMILES string of the molecule is Cc1nn(C)c(C)c1C(C)N1CCCCC1CCC(=O)O. The molecule has 0 radical (unpaired) electrons. The van der Waals surface area contributed by atoms with Gasteiger partial charge in [-0.2, -0.15) is 5.10 Å². The van der Waals surface area contributed by atoms with E-state index in [-0.39, 0.29) is 6.42 Å². The molecule has 21 heavy (non-hydrogen) atoms.